The number of nitro benzene ring substituents is 1. The Morgan fingerprint density at radius 1 is 1.52 bits per heavy atom. The highest BCUT2D eigenvalue weighted by Gasteiger charge is 2.31. The molecule has 0 bridgehead atoms. The molecule has 8 heteroatoms. The Morgan fingerprint density at radius 3 is 2.81 bits per heavy atom. The van der Waals surface area contributed by atoms with Gasteiger partial charge in [-0.25, -0.2) is 4.39 Å². The van der Waals surface area contributed by atoms with Gasteiger partial charge in [-0.1, -0.05) is 0 Å². The lowest BCUT2D eigenvalue weighted by Crippen LogP contribution is -2.50. The minimum absolute atomic E-state index is 0.157. The maximum absolute atomic E-state index is 13.5. The Hall–Kier alpha value is -2.22. The standard InChI is InChI=1S/C13H16FN3O4/c1-7-6-21-8(2)5-16(7)13(18)10-3-9(14)4-11(12(10)15)17(19)20/h3-4,7-8H,5-6,15H2,1-2H3. The summed E-state index contributed by atoms with van der Waals surface area (Å²) in [7, 11) is 0. The molecular formula is C13H16FN3O4. The number of nitrogen functional groups attached to an aromatic ring is 1. The van der Waals surface area contributed by atoms with Crippen molar-refractivity contribution in [2.45, 2.75) is 26.0 Å². The van der Waals surface area contributed by atoms with Crippen molar-refractivity contribution in [1.82, 2.24) is 4.90 Å². The van der Waals surface area contributed by atoms with Gasteiger partial charge in [0.15, 0.2) is 0 Å². The summed E-state index contributed by atoms with van der Waals surface area (Å²) in [5, 5.41) is 10.9. The van der Waals surface area contributed by atoms with Crippen molar-refractivity contribution < 1.29 is 18.8 Å². The summed E-state index contributed by atoms with van der Waals surface area (Å²) in [5.41, 5.74) is 4.54. The van der Waals surface area contributed by atoms with E-state index < -0.39 is 22.3 Å². The van der Waals surface area contributed by atoms with Gasteiger partial charge in [0, 0.05) is 6.54 Å². The van der Waals surface area contributed by atoms with Crippen molar-refractivity contribution in [2.75, 3.05) is 18.9 Å². The van der Waals surface area contributed by atoms with E-state index >= 15 is 0 Å². The van der Waals surface area contributed by atoms with Gasteiger partial charge in [0.05, 0.1) is 35.3 Å². The molecule has 1 heterocycles. The monoisotopic (exact) mass is 297 g/mol. The number of rotatable bonds is 2. The van der Waals surface area contributed by atoms with E-state index in [1.54, 1.807) is 6.92 Å². The van der Waals surface area contributed by atoms with E-state index in [2.05, 4.69) is 0 Å². The van der Waals surface area contributed by atoms with E-state index in [0.29, 0.717) is 19.2 Å². The number of carbonyl (C=O) groups is 1. The molecule has 0 radical (unpaired) electrons. The van der Waals surface area contributed by atoms with Crippen LogP contribution in [0.5, 0.6) is 0 Å². The minimum atomic E-state index is -0.867. The van der Waals surface area contributed by atoms with Crippen LogP contribution in [0.15, 0.2) is 12.1 Å². The van der Waals surface area contributed by atoms with Crippen LogP contribution in [-0.4, -0.2) is 41.0 Å². The Morgan fingerprint density at radius 2 is 2.19 bits per heavy atom. The Labute approximate surface area is 120 Å². The molecular weight excluding hydrogens is 281 g/mol. The number of benzene rings is 1. The molecule has 0 saturated carbocycles. The van der Waals surface area contributed by atoms with Gasteiger partial charge in [-0.05, 0) is 19.9 Å². The fourth-order valence-electron chi connectivity index (χ4n) is 2.27. The van der Waals surface area contributed by atoms with Crippen molar-refractivity contribution in [3.8, 4) is 0 Å². The van der Waals surface area contributed by atoms with Gasteiger partial charge in [0.25, 0.3) is 11.6 Å². The molecule has 1 aromatic rings. The third kappa shape index (κ3) is 2.94. The fraction of sp³-hybridized carbons (Fsp3) is 0.462. The first-order valence-corrected chi connectivity index (χ1v) is 6.47. The van der Waals surface area contributed by atoms with Crippen molar-refractivity contribution in [2.24, 2.45) is 0 Å². The van der Waals surface area contributed by atoms with E-state index in [4.69, 9.17) is 10.5 Å². The van der Waals surface area contributed by atoms with E-state index in [-0.39, 0.29) is 23.4 Å². The molecule has 7 nitrogen and oxygen atoms in total. The summed E-state index contributed by atoms with van der Waals surface area (Å²) in [6, 6.07) is 1.42. The van der Waals surface area contributed by atoms with Crippen LogP contribution < -0.4 is 5.73 Å². The van der Waals surface area contributed by atoms with Gasteiger partial charge in [-0.2, -0.15) is 0 Å². The SMILES string of the molecule is CC1CN(C(=O)c2cc(F)cc([N+](=O)[O-])c2N)C(C)CO1. The normalized spacial score (nSPS) is 22.1. The van der Waals surface area contributed by atoms with Gasteiger partial charge in [-0.15, -0.1) is 0 Å². The first kappa shape index (κ1) is 15.2. The molecule has 2 N–H and O–H groups in total. The molecule has 0 aromatic heterocycles. The number of anilines is 1. The number of nitrogens with two attached hydrogens (primary N) is 1. The highest BCUT2D eigenvalue weighted by molar-refractivity contribution is 6.01. The second kappa shape index (κ2) is 5.65. The van der Waals surface area contributed by atoms with Gasteiger partial charge in [-0.3, -0.25) is 14.9 Å². The van der Waals surface area contributed by atoms with E-state index in [9.17, 15) is 19.3 Å². The Bertz CT molecular complexity index is 593. The third-order valence-corrected chi connectivity index (χ3v) is 3.42. The third-order valence-electron chi connectivity index (χ3n) is 3.42. The lowest BCUT2D eigenvalue weighted by Gasteiger charge is -2.37. The fourth-order valence-corrected chi connectivity index (χ4v) is 2.27. The molecule has 1 aromatic carbocycles. The number of morpholine rings is 1. The quantitative estimate of drug-likeness (QED) is 0.507. The molecule has 2 rings (SSSR count). The van der Waals surface area contributed by atoms with Crippen LogP contribution >= 0.6 is 0 Å². The van der Waals surface area contributed by atoms with Crippen LogP contribution in [0.1, 0.15) is 24.2 Å². The van der Waals surface area contributed by atoms with Gasteiger partial charge < -0.3 is 15.4 Å². The molecule has 0 aliphatic carbocycles. The van der Waals surface area contributed by atoms with Gasteiger partial charge >= 0.3 is 0 Å². The molecule has 1 amide bonds. The number of nitro groups is 1. The number of hydrogen-bond acceptors (Lipinski definition) is 5. The smallest absolute Gasteiger partial charge is 0.295 e. The van der Waals surface area contributed by atoms with Crippen LogP contribution in [0.3, 0.4) is 0 Å². The first-order valence-electron chi connectivity index (χ1n) is 6.47. The summed E-state index contributed by atoms with van der Waals surface area (Å²) >= 11 is 0. The maximum atomic E-state index is 13.5. The lowest BCUT2D eigenvalue weighted by molar-refractivity contribution is -0.384. The molecule has 2 atom stereocenters. The van der Waals surface area contributed by atoms with Crippen molar-refractivity contribution >= 4 is 17.3 Å². The molecule has 21 heavy (non-hydrogen) atoms. The van der Waals surface area contributed by atoms with Crippen molar-refractivity contribution in [3.05, 3.63) is 33.6 Å². The molecule has 1 aliphatic rings. The molecule has 1 fully saturated rings. The summed E-state index contributed by atoms with van der Waals surface area (Å²) in [6.07, 6.45) is -0.157. The average molecular weight is 297 g/mol. The lowest BCUT2D eigenvalue weighted by atomic mass is 10.1. The number of carbonyl (C=O) groups excluding carboxylic acids is 1. The highest BCUT2D eigenvalue weighted by Crippen LogP contribution is 2.28. The zero-order valence-corrected chi connectivity index (χ0v) is 11.7. The second-order valence-corrected chi connectivity index (χ2v) is 5.09. The Balaban J connectivity index is 2.41. The number of halogens is 1. The van der Waals surface area contributed by atoms with Gasteiger partial charge in [0.1, 0.15) is 11.5 Å². The molecule has 114 valence electrons. The van der Waals surface area contributed by atoms with Crippen LogP contribution in [0.4, 0.5) is 15.8 Å². The molecule has 1 saturated heterocycles. The van der Waals surface area contributed by atoms with Crippen LogP contribution in [0.25, 0.3) is 0 Å². The number of nitrogens with zero attached hydrogens (tertiary/aromatic N) is 2. The van der Waals surface area contributed by atoms with Crippen LogP contribution in [-0.2, 0) is 4.74 Å². The van der Waals surface area contributed by atoms with E-state index in [1.165, 1.54) is 4.90 Å². The zero-order chi connectivity index (χ0) is 15.7. The number of hydrogen-bond donors (Lipinski definition) is 1. The van der Waals surface area contributed by atoms with Crippen LogP contribution in [0.2, 0.25) is 0 Å². The molecule has 2 unspecified atom stereocenters. The predicted molar refractivity (Wildman–Crippen MR) is 73.4 cm³/mol. The van der Waals surface area contributed by atoms with Crippen LogP contribution in [0, 0.1) is 15.9 Å². The summed E-state index contributed by atoms with van der Waals surface area (Å²) in [5.74, 6) is -1.40. The summed E-state index contributed by atoms with van der Waals surface area (Å²) in [6.45, 7) is 4.27. The zero-order valence-electron chi connectivity index (χ0n) is 11.7. The number of amides is 1. The van der Waals surface area contributed by atoms with Crippen molar-refractivity contribution in [1.29, 1.82) is 0 Å². The maximum Gasteiger partial charge on any atom is 0.295 e. The second-order valence-electron chi connectivity index (χ2n) is 5.09. The first-order chi connectivity index (χ1) is 9.81. The molecule has 1 aliphatic heterocycles. The number of ether oxygens (including phenoxy) is 1. The van der Waals surface area contributed by atoms with Crippen molar-refractivity contribution in [3.63, 3.8) is 0 Å². The van der Waals surface area contributed by atoms with E-state index in [1.807, 2.05) is 6.92 Å². The Kier molecular flexibility index (Phi) is 4.08. The minimum Gasteiger partial charge on any atom is -0.393 e. The largest absolute Gasteiger partial charge is 0.393 e. The predicted octanol–water partition coefficient (Wildman–Crippen LogP) is 1.57. The van der Waals surface area contributed by atoms with Gasteiger partial charge in [0.2, 0.25) is 0 Å². The molecule has 0 spiro atoms. The highest BCUT2D eigenvalue weighted by atomic mass is 19.1. The average Bonchev–Trinajstić information content (AvgIpc) is 2.42. The summed E-state index contributed by atoms with van der Waals surface area (Å²) in [4.78, 5) is 24.0. The summed E-state index contributed by atoms with van der Waals surface area (Å²) < 4.78 is 18.9. The van der Waals surface area contributed by atoms with E-state index in [0.717, 1.165) is 6.07 Å². The topological polar surface area (TPSA) is 98.7 Å².